The maximum Gasteiger partial charge on any atom is 0.449 e. The molecular formula is C33H49F3NO2+. The number of hydrogen-bond acceptors (Lipinski definition) is 2. The normalized spacial score (nSPS) is 12.1. The van der Waals surface area contributed by atoms with Gasteiger partial charge in [0.2, 0.25) is 5.78 Å². The lowest BCUT2D eigenvalue weighted by Gasteiger charge is -2.30. The Balaban J connectivity index is 1.83. The highest BCUT2D eigenvalue weighted by Crippen LogP contribution is 2.26. The largest absolute Gasteiger partial charge is 0.487 e. The van der Waals surface area contributed by atoms with Crippen LogP contribution >= 0.6 is 0 Å². The minimum Gasteiger partial charge on any atom is -0.487 e. The molecule has 2 rings (SSSR count). The van der Waals surface area contributed by atoms with Crippen LogP contribution in [0.2, 0.25) is 0 Å². The number of Topliss-reactive ketones (excluding diaryl/α,β-unsaturated/α-hetero) is 1. The minimum absolute atomic E-state index is 0.0587. The Kier molecular flexibility index (Phi) is 14.6. The van der Waals surface area contributed by atoms with Gasteiger partial charge in [0.25, 0.3) is 0 Å². The molecule has 0 aliphatic heterocycles. The minimum atomic E-state index is -4.78. The van der Waals surface area contributed by atoms with Gasteiger partial charge in [-0.15, -0.1) is 0 Å². The molecule has 0 saturated heterocycles. The summed E-state index contributed by atoms with van der Waals surface area (Å²) in [5.74, 6) is -0.932. The average molecular weight is 549 g/mol. The molecule has 218 valence electrons. The zero-order chi connectivity index (χ0) is 28.6. The van der Waals surface area contributed by atoms with Crippen molar-refractivity contribution in [3.63, 3.8) is 0 Å². The first kappa shape index (κ1) is 32.9. The van der Waals surface area contributed by atoms with Crippen molar-refractivity contribution >= 4 is 5.78 Å². The quantitative estimate of drug-likeness (QED) is 0.122. The van der Waals surface area contributed by atoms with Gasteiger partial charge in [-0.2, -0.15) is 13.2 Å². The first-order valence-corrected chi connectivity index (χ1v) is 14.8. The number of ether oxygens (including phenoxy) is 1. The predicted molar refractivity (Wildman–Crippen MR) is 154 cm³/mol. The molecule has 0 aliphatic carbocycles. The van der Waals surface area contributed by atoms with Gasteiger partial charge < -0.3 is 9.22 Å². The Labute approximate surface area is 234 Å². The van der Waals surface area contributed by atoms with Crippen LogP contribution in [0.15, 0.2) is 48.5 Å². The molecule has 0 saturated carbocycles. The van der Waals surface area contributed by atoms with Gasteiger partial charge in [0.1, 0.15) is 18.9 Å². The summed E-state index contributed by atoms with van der Waals surface area (Å²) in [7, 11) is 4.48. The summed E-state index contributed by atoms with van der Waals surface area (Å²) in [6.07, 6.45) is 8.66. The number of benzene rings is 2. The van der Waals surface area contributed by atoms with Crippen molar-refractivity contribution in [2.75, 3.05) is 33.8 Å². The second kappa shape index (κ2) is 17.4. The number of unbranched alkanes of at least 4 members (excludes halogenated alkanes) is 9. The van der Waals surface area contributed by atoms with E-state index in [2.05, 4.69) is 21.0 Å². The summed E-state index contributed by atoms with van der Waals surface area (Å²) < 4.78 is 45.0. The van der Waals surface area contributed by atoms with E-state index in [1.165, 1.54) is 64.2 Å². The summed E-state index contributed by atoms with van der Waals surface area (Å²) >= 11 is 0. The van der Waals surface area contributed by atoms with Crippen LogP contribution in [0.1, 0.15) is 94.2 Å². The molecule has 6 heteroatoms. The van der Waals surface area contributed by atoms with E-state index in [9.17, 15) is 18.0 Å². The Morgan fingerprint density at radius 1 is 0.795 bits per heavy atom. The van der Waals surface area contributed by atoms with Gasteiger partial charge in [0, 0.05) is 12.8 Å². The van der Waals surface area contributed by atoms with E-state index in [-0.39, 0.29) is 6.42 Å². The molecule has 39 heavy (non-hydrogen) atoms. The maximum atomic E-state index is 12.6. The van der Waals surface area contributed by atoms with Crippen molar-refractivity contribution in [3.8, 4) is 5.75 Å². The number of hydrogen-bond donors (Lipinski definition) is 0. The fraction of sp³-hybridized carbons (Fsp3) is 0.606. The number of carbonyl (C=O) groups excluding carboxylic acids is 1. The number of halogens is 3. The van der Waals surface area contributed by atoms with Crippen LogP contribution in [0.4, 0.5) is 13.2 Å². The molecule has 0 amide bonds. The Bertz CT molecular complexity index is 957. The van der Waals surface area contributed by atoms with Crippen molar-refractivity contribution in [2.45, 2.75) is 96.6 Å². The molecule has 0 aromatic heterocycles. The molecule has 0 spiro atoms. The Hall–Kier alpha value is -2.34. The van der Waals surface area contributed by atoms with Crippen molar-refractivity contribution in [2.24, 2.45) is 0 Å². The standard InChI is InChI=1S/C33H49F3NO2/c1-4-5-6-7-8-9-10-11-12-16-23-37(2,3)24-25-39-31-21-19-29(20-22-32(38)33(34,35)36)27-30(31)26-28-17-14-13-15-18-28/h13-15,17-19,21,27H,4-12,16,20,22-26H2,1-3H3/q+1. The first-order chi connectivity index (χ1) is 18.6. The number of quaternary nitrogens is 1. The van der Waals surface area contributed by atoms with E-state index in [1.54, 1.807) is 6.07 Å². The topological polar surface area (TPSA) is 26.3 Å². The van der Waals surface area contributed by atoms with Gasteiger partial charge in [-0.3, -0.25) is 4.79 Å². The van der Waals surface area contributed by atoms with Gasteiger partial charge in [0.05, 0.1) is 20.6 Å². The SMILES string of the molecule is CCCCCCCCCCCC[N+](C)(C)CCOc1ccc(CCC(=O)C(F)(F)F)cc1Cc1ccccc1. The highest BCUT2D eigenvalue weighted by atomic mass is 19.4. The summed E-state index contributed by atoms with van der Waals surface area (Å²) in [5.41, 5.74) is 2.74. The molecule has 0 N–H and O–H groups in total. The molecule has 2 aromatic carbocycles. The highest BCUT2D eigenvalue weighted by Gasteiger charge is 2.37. The van der Waals surface area contributed by atoms with Crippen molar-refractivity contribution in [1.29, 1.82) is 0 Å². The van der Waals surface area contributed by atoms with Crippen LogP contribution in [0.3, 0.4) is 0 Å². The van der Waals surface area contributed by atoms with Crippen LogP contribution in [-0.4, -0.2) is 50.2 Å². The average Bonchev–Trinajstić information content (AvgIpc) is 2.89. The second-order valence-electron chi connectivity index (χ2n) is 11.4. The van der Waals surface area contributed by atoms with E-state index in [0.29, 0.717) is 18.6 Å². The maximum absolute atomic E-state index is 12.6. The number of aryl methyl sites for hydroxylation is 1. The smallest absolute Gasteiger partial charge is 0.449 e. The third kappa shape index (κ3) is 14.0. The number of carbonyl (C=O) groups is 1. The summed E-state index contributed by atoms with van der Waals surface area (Å²) in [6.45, 7) is 4.82. The first-order valence-electron chi connectivity index (χ1n) is 14.8. The number of rotatable bonds is 20. The van der Waals surface area contributed by atoms with Gasteiger partial charge in [-0.05, 0) is 42.0 Å². The van der Waals surface area contributed by atoms with Crippen molar-refractivity contribution in [3.05, 3.63) is 65.2 Å². The molecule has 0 heterocycles. The third-order valence-corrected chi connectivity index (χ3v) is 7.39. The fourth-order valence-electron chi connectivity index (χ4n) is 4.82. The molecule has 0 aliphatic rings. The number of alkyl halides is 3. The van der Waals surface area contributed by atoms with Crippen LogP contribution in [0.25, 0.3) is 0 Å². The van der Waals surface area contributed by atoms with E-state index >= 15 is 0 Å². The molecule has 3 nitrogen and oxygen atoms in total. The van der Waals surface area contributed by atoms with Gasteiger partial charge >= 0.3 is 6.18 Å². The second-order valence-corrected chi connectivity index (χ2v) is 11.4. The molecular weight excluding hydrogens is 499 g/mol. The number of ketones is 1. The van der Waals surface area contributed by atoms with Gasteiger partial charge in [0.15, 0.2) is 0 Å². The lowest BCUT2D eigenvalue weighted by Crippen LogP contribution is -2.43. The van der Waals surface area contributed by atoms with Crippen molar-refractivity contribution in [1.82, 2.24) is 0 Å². The zero-order valence-corrected chi connectivity index (χ0v) is 24.3. The summed E-state index contributed by atoms with van der Waals surface area (Å²) in [5, 5.41) is 0. The van der Waals surface area contributed by atoms with Gasteiger partial charge in [-0.25, -0.2) is 0 Å². The van der Waals surface area contributed by atoms with Crippen LogP contribution in [0.5, 0.6) is 5.75 Å². The van der Waals surface area contributed by atoms with E-state index in [0.717, 1.165) is 34.4 Å². The Morgan fingerprint density at radius 3 is 2.03 bits per heavy atom. The van der Waals surface area contributed by atoms with Gasteiger partial charge in [-0.1, -0.05) is 101 Å². The molecule has 0 atom stereocenters. The molecule has 2 aromatic rings. The molecule has 0 bridgehead atoms. The Morgan fingerprint density at radius 2 is 1.41 bits per heavy atom. The number of likely N-dealkylation sites (N-methyl/N-ethyl adjacent to an activating group) is 1. The lowest BCUT2D eigenvalue weighted by molar-refractivity contribution is -0.890. The summed E-state index contributed by atoms with van der Waals surface area (Å²) in [6, 6.07) is 15.4. The van der Waals surface area contributed by atoms with Crippen molar-refractivity contribution < 1.29 is 27.2 Å². The third-order valence-electron chi connectivity index (χ3n) is 7.39. The highest BCUT2D eigenvalue weighted by molar-refractivity contribution is 5.84. The monoisotopic (exact) mass is 548 g/mol. The van der Waals surface area contributed by atoms with Crippen LogP contribution in [-0.2, 0) is 17.6 Å². The predicted octanol–water partition coefficient (Wildman–Crippen LogP) is 8.72. The molecule has 0 unspecified atom stereocenters. The molecule has 0 fully saturated rings. The van der Waals surface area contributed by atoms with Crippen LogP contribution in [0, 0.1) is 0 Å². The lowest BCUT2D eigenvalue weighted by atomic mass is 9.99. The van der Waals surface area contributed by atoms with E-state index < -0.39 is 18.4 Å². The number of nitrogens with zero attached hydrogens (tertiary/aromatic N) is 1. The summed E-state index contributed by atoms with van der Waals surface area (Å²) in [4.78, 5) is 11.3. The van der Waals surface area contributed by atoms with E-state index in [4.69, 9.17) is 4.74 Å². The van der Waals surface area contributed by atoms with Crippen LogP contribution < -0.4 is 4.74 Å². The molecule has 0 radical (unpaired) electrons. The zero-order valence-electron chi connectivity index (χ0n) is 24.3. The fourth-order valence-corrected chi connectivity index (χ4v) is 4.82. The van der Waals surface area contributed by atoms with E-state index in [1.807, 2.05) is 42.5 Å².